The highest BCUT2D eigenvalue weighted by atomic mass is 19.1. The van der Waals surface area contributed by atoms with Crippen LogP contribution in [0.4, 0.5) is 4.39 Å². The van der Waals surface area contributed by atoms with Crippen molar-refractivity contribution in [3.63, 3.8) is 0 Å². The van der Waals surface area contributed by atoms with Crippen molar-refractivity contribution >= 4 is 5.78 Å². The van der Waals surface area contributed by atoms with Gasteiger partial charge in [0.25, 0.3) is 0 Å². The molecule has 1 heterocycles. The van der Waals surface area contributed by atoms with E-state index in [1.54, 1.807) is 24.4 Å². The number of rotatable bonds is 5. The van der Waals surface area contributed by atoms with E-state index in [0.717, 1.165) is 5.56 Å². The highest BCUT2D eigenvalue weighted by Gasteiger charge is 2.09. The highest BCUT2D eigenvalue weighted by Crippen LogP contribution is 2.25. The molecule has 120 valence electrons. The Kier molecular flexibility index (Phi) is 4.66. The lowest BCUT2D eigenvalue weighted by molar-refractivity contribution is 0.101. The maximum atomic E-state index is 14.0. The van der Waals surface area contributed by atoms with Crippen molar-refractivity contribution in [1.29, 1.82) is 0 Å². The number of Topliss-reactive ketones (excluding diaryl/α,β-unsaturated/α-hetero) is 1. The first-order chi connectivity index (χ1) is 11.6. The number of ether oxygens (including phenoxy) is 1. The van der Waals surface area contributed by atoms with Gasteiger partial charge in [-0.3, -0.25) is 4.79 Å². The van der Waals surface area contributed by atoms with Crippen molar-refractivity contribution in [2.24, 2.45) is 0 Å². The van der Waals surface area contributed by atoms with E-state index in [0.29, 0.717) is 29.2 Å². The third kappa shape index (κ3) is 3.66. The molecule has 3 nitrogen and oxygen atoms in total. The van der Waals surface area contributed by atoms with Crippen LogP contribution in [0, 0.1) is 5.82 Å². The van der Waals surface area contributed by atoms with E-state index in [1.165, 1.54) is 19.1 Å². The molecule has 0 unspecified atom stereocenters. The van der Waals surface area contributed by atoms with Crippen LogP contribution in [0.25, 0.3) is 11.1 Å². The number of aromatic nitrogens is 1. The van der Waals surface area contributed by atoms with Crippen LogP contribution in [0.15, 0.2) is 66.9 Å². The number of hydrogen-bond acceptors (Lipinski definition) is 3. The molecule has 0 spiro atoms. The molecule has 24 heavy (non-hydrogen) atoms. The Morgan fingerprint density at radius 1 is 1.08 bits per heavy atom. The second kappa shape index (κ2) is 7.04. The topological polar surface area (TPSA) is 39.2 Å². The van der Waals surface area contributed by atoms with Crippen molar-refractivity contribution in [2.75, 3.05) is 0 Å². The van der Waals surface area contributed by atoms with Crippen molar-refractivity contribution in [3.8, 4) is 17.0 Å². The molecule has 0 bridgehead atoms. The zero-order valence-electron chi connectivity index (χ0n) is 13.2. The average molecular weight is 321 g/mol. The number of halogens is 1. The maximum absolute atomic E-state index is 14.0. The molecule has 0 aliphatic carbocycles. The zero-order chi connectivity index (χ0) is 16.9. The molecule has 4 heteroatoms. The molecule has 0 atom stereocenters. The van der Waals surface area contributed by atoms with Crippen LogP contribution in [-0.2, 0) is 6.61 Å². The van der Waals surface area contributed by atoms with Gasteiger partial charge in [0.1, 0.15) is 12.4 Å². The van der Waals surface area contributed by atoms with Gasteiger partial charge in [0.2, 0.25) is 5.88 Å². The predicted molar refractivity (Wildman–Crippen MR) is 90.4 cm³/mol. The fourth-order valence-electron chi connectivity index (χ4n) is 2.32. The van der Waals surface area contributed by atoms with E-state index in [4.69, 9.17) is 4.74 Å². The van der Waals surface area contributed by atoms with Crippen LogP contribution in [0.3, 0.4) is 0 Å². The lowest BCUT2D eigenvalue weighted by atomic mass is 10.0. The molecule has 3 rings (SSSR count). The van der Waals surface area contributed by atoms with Gasteiger partial charge in [0, 0.05) is 29.0 Å². The standard InChI is InChI=1S/C20H16FNO2/c1-14(23)16-7-9-19(21)18(11-16)17-8-10-20(22-12-17)24-13-15-5-3-2-4-6-15/h2-12H,13H2,1H3. The summed E-state index contributed by atoms with van der Waals surface area (Å²) in [6.07, 6.45) is 1.54. The Morgan fingerprint density at radius 3 is 2.54 bits per heavy atom. The van der Waals surface area contributed by atoms with Gasteiger partial charge in [-0.2, -0.15) is 0 Å². The summed E-state index contributed by atoms with van der Waals surface area (Å²) < 4.78 is 19.6. The minimum atomic E-state index is -0.389. The molecule has 0 saturated heterocycles. The zero-order valence-corrected chi connectivity index (χ0v) is 13.2. The van der Waals surface area contributed by atoms with E-state index >= 15 is 0 Å². The third-order valence-corrected chi connectivity index (χ3v) is 3.65. The molecule has 1 aromatic heterocycles. The van der Waals surface area contributed by atoms with Crippen molar-refractivity contribution in [3.05, 3.63) is 83.8 Å². The fourth-order valence-corrected chi connectivity index (χ4v) is 2.32. The van der Waals surface area contributed by atoms with Gasteiger partial charge in [-0.25, -0.2) is 9.37 Å². The van der Waals surface area contributed by atoms with E-state index in [9.17, 15) is 9.18 Å². The number of carbonyl (C=O) groups excluding carboxylic acids is 1. The lowest BCUT2D eigenvalue weighted by Crippen LogP contribution is -1.98. The summed E-state index contributed by atoms with van der Waals surface area (Å²) in [6.45, 7) is 1.87. The Hall–Kier alpha value is -3.01. The number of ketones is 1. The largest absolute Gasteiger partial charge is 0.473 e. The molecule has 0 N–H and O–H groups in total. The smallest absolute Gasteiger partial charge is 0.213 e. The van der Waals surface area contributed by atoms with Gasteiger partial charge < -0.3 is 4.74 Å². The van der Waals surface area contributed by atoms with Crippen LogP contribution < -0.4 is 4.74 Å². The highest BCUT2D eigenvalue weighted by molar-refractivity contribution is 5.95. The summed E-state index contributed by atoms with van der Waals surface area (Å²) in [5.41, 5.74) is 2.46. The van der Waals surface area contributed by atoms with Crippen LogP contribution >= 0.6 is 0 Å². The molecule has 3 aromatic rings. The summed E-state index contributed by atoms with van der Waals surface area (Å²) in [7, 11) is 0. The number of hydrogen-bond donors (Lipinski definition) is 0. The van der Waals surface area contributed by atoms with Crippen LogP contribution in [0.2, 0.25) is 0 Å². The Balaban J connectivity index is 1.77. The second-order valence-corrected chi connectivity index (χ2v) is 5.41. The van der Waals surface area contributed by atoms with Crippen LogP contribution in [-0.4, -0.2) is 10.8 Å². The summed E-state index contributed by atoms with van der Waals surface area (Å²) in [4.78, 5) is 15.7. The SMILES string of the molecule is CC(=O)c1ccc(F)c(-c2ccc(OCc3ccccc3)nc2)c1. The Bertz CT molecular complexity index is 845. The number of carbonyl (C=O) groups is 1. The summed E-state index contributed by atoms with van der Waals surface area (Å²) in [6, 6.07) is 17.5. The molecule has 0 radical (unpaired) electrons. The first-order valence-corrected chi connectivity index (χ1v) is 7.57. The fraction of sp³-hybridized carbons (Fsp3) is 0.100. The average Bonchev–Trinajstić information content (AvgIpc) is 2.61. The van der Waals surface area contributed by atoms with Gasteiger partial charge >= 0.3 is 0 Å². The molecule has 0 aliphatic heterocycles. The Morgan fingerprint density at radius 2 is 1.88 bits per heavy atom. The summed E-state index contributed by atoms with van der Waals surface area (Å²) in [5.74, 6) is -0.0301. The number of pyridine rings is 1. The third-order valence-electron chi connectivity index (χ3n) is 3.65. The van der Waals surface area contributed by atoms with E-state index in [2.05, 4.69) is 4.98 Å². The monoisotopic (exact) mass is 321 g/mol. The normalized spacial score (nSPS) is 10.4. The van der Waals surface area contributed by atoms with Crippen LogP contribution in [0.1, 0.15) is 22.8 Å². The molecule has 0 aliphatic rings. The lowest BCUT2D eigenvalue weighted by Gasteiger charge is -2.08. The van der Waals surface area contributed by atoms with E-state index in [-0.39, 0.29) is 11.6 Å². The molecule has 0 fully saturated rings. The number of nitrogens with zero attached hydrogens (tertiary/aromatic N) is 1. The van der Waals surface area contributed by atoms with Gasteiger partial charge in [-0.1, -0.05) is 30.3 Å². The Labute approximate surface area is 139 Å². The summed E-state index contributed by atoms with van der Waals surface area (Å²) in [5, 5.41) is 0. The molecular formula is C20H16FNO2. The predicted octanol–water partition coefficient (Wildman–Crippen LogP) is 4.67. The first-order valence-electron chi connectivity index (χ1n) is 7.57. The molecule has 0 saturated carbocycles. The van der Waals surface area contributed by atoms with Gasteiger partial charge in [0.05, 0.1) is 0 Å². The van der Waals surface area contributed by atoms with E-state index in [1.807, 2.05) is 30.3 Å². The van der Waals surface area contributed by atoms with Crippen molar-refractivity contribution < 1.29 is 13.9 Å². The summed E-state index contributed by atoms with van der Waals surface area (Å²) >= 11 is 0. The number of benzene rings is 2. The van der Waals surface area contributed by atoms with Crippen molar-refractivity contribution in [2.45, 2.75) is 13.5 Å². The quantitative estimate of drug-likeness (QED) is 0.641. The molecular weight excluding hydrogens is 305 g/mol. The van der Waals surface area contributed by atoms with Gasteiger partial charge in [-0.15, -0.1) is 0 Å². The first kappa shape index (κ1) is 15.9. The van der Waals surface area contributed by atoms with Gasteiger partial charge in [-0.05, 0) is 36.8 Å². The second-order valence-electron chi connectivity index (χ2n) is 5.41. The molecule has 2 aromatic carbocycles. The van der Waals surface area contributed by atoms with Gasteiger partial charge in [0.15, 0.2) is 5.78 Å². The molecule has 0 amide bonds. The van der Waals surface area contributed by atoms with Crippen LogP contribution in [0.5, 0.6) is 5.88 Å². The minimum absolute atomic E-state index is 0.105. The van der Waals surface area contributed by atoms with Crippen molar-refractivity contribution in [1.82, 2.24) is 4.98 Å². The maximum Gasteiger partial charge on any atom is 0.213 e. The minimum Gasteiger partial charge on any atom is -0.473 e. The van der Waals surface area contributed by atoms with E-state index < -0.39 is 0 Å².